The van der Waals surface area contributed by atoms with Crippen LogP contribution in [0.4, 0.5) is 10.2 Å². The van der Waals surface area contributed by atoms with E-state index in [1.165, 1.54) is 19.4 Å². The number of aryl methyl sites for hydroxylation is 2. The highest BCUT2D eigenvalue weighted by Crippen LogP contribution is 2.40. The summed E-state index contributed by atoms with van der Waals surface area (Å²) in [6.45, 7) is 7.65. The summed E-state index contributed by atoms with van der Waals surface area (Å²) in [5, 5.41) is 10.2. The number of halogens is 1. The summed E-state index contributed by atoms with van der Waals surface area (Å²) in [5.41, 5.74) is 7.40. The third-order valence-electron chi connectivity index (χ3n) is 10.1. The Kier molecular flexibility index (Phi) is 9.50. The van der Waals surface area contributed by atoms with E-state index in [9.17, 15) is 23.9 Å². The van der Waals surface area contributed by atoms with E-state index in [0.717, 1.165) is 70.5 Å². The van der Waals surface area contributed by atoms with E-state index in [1.54, 1.807) is 4.90 Å². The fraction of sp³-hybridized carbons (Fsp3) is 0.410. The summed E-state index contributed by atoms with van der Waals surface area (Å²) < 4.78 is 21.6. The van der Waals surface area contributed by atoms with Crippen molar-refractivity contribution >= 4 is 40.1 Å². The van der Waals surface area contributed by atoms with Crippen LogP contribution in [0, 0.1) is 18.7 Å². The first-order valence-corrected chi connectivity index (χ1v) is 17.7. The van der Waals surface area contributed by atoms with Crippen molar-refractivity contribution < 1.29 is 28.6 Å². The van der Waals surface area contributed by atoms with Crippen LogP contribution in [0.3, 0.4) is 0 Å². The largest absolute Gasteiger partial charge is 0.493 e. The molecule has 3 aromatic heterocycles. The highest BCUT2D eigenvalue weighted by atomic mass is 19.1. The van der Waals surface area contributed by atoms with Crippen LogP contribution in [-0.4, -0.2) is 93.6 Å². The van der Waals surface area contributed by atoms with Crippen molar-refractivity contribution in [2.45, 2.75) is 52.5 Å². The lowest BCUT2D eigenvalue weighted by Gasteiger charge is -2.36. The molecule has 0 radical (unpaired) electrons. The number of amides is 2. The maximum absolute atomic E-state index is 14.3. The van der Waals surface area contributed by atoms with Gasteiger partial charge in [0.2, 0.25) is 5.91 Å². The standard InChI is InChI=1S/C39H43FN6O5/c1-4-32-30(10-7-24(2)42-32)31-17-28(39(50)44-14-12-43(13-15-44)38-34(51-3)19-29(40)21-41-38)16-27-18-33(46(37(27)31)22-25-8-9-25)26-6-5-11-45(23-26)35(47)20-36(48)49/h6-7,10,16-19,21,25H,4-5,8-9,11-15,20,22-23H2,1-3H3,(H,48,49). The topological polar surface area (TPSA) is 121 Å². The molecule has 1 N–H and O–H groups in total. The minimum Gasteiger partial charge on any atom is -0.493 e. The number of rotatable bonds is 10. The van der Waals surface area contributed by atoms with E-state index in [2.05, 4.69) is 34.7 Å². The van der Waals surface area contributed by atoms with Crippen molar-refractivity contribution in [3.8, 4) is 16.9 Å². The summed E-state index contributed by atoms with van der Waals surface area (Å²) >= 11 is 0. The lowest BCUT2D eigenvalue weighted by Crippen LogP contribution is -2.49. The van der Waals surface area contributed by atoms with Gasteiger partial charge in [0, 0.05) is 91.0 Å². The zero-order valence-corrected chi connectivity index (χ0v) is 29.3. The predicted molar refractivity (Wildman–Crippen MR) is 192 cm³/mol. The van der Waals surface area contributed by atoms with Crippen LogP contribution >= 0.6 is 0 Å². The van der Waals surface area contributed by atoms with Gasteiger partial charge in [0.05, 0.1) is 18.8 Å². The number of aliphatic carboxylic acids is 1. The van der Waals surface area contributed by atoms with Crippen molar-refractivity contribution in [2.24, 2.45) is 5.92 Å². The summed E-state index contributed by atoms with van der Waals surface area (Å²) in [4.78, 5) is 53.1. The normalized spacial score (nSPS) is 16.4. The summed E-state index contributed by atoms with van der Waals surface area (Å²) in [7, 11) is 1.49. The molecule has 1 saturated heterocycles. The number of fused-ring (bicyclic) bond motifs is 1. The third kappa shape index (κ3) is 7.04. The molecule has 1 aromatic carbocycles. The predicted octanol–water partition coefficient (Wildman–Crippen LogP) is 5.58. The zero-order valence-electron chi connectivity index (χ0n) is 29.3. The van der Waals surface area contributed by atoms with Gasteiger partial charge in [0.25, 0.3) is 5.91 Å². The van der Waals surface area contributed by atoms with Crippen LogP contribution in [0.2, 0.25) is 0 Å². The average molecular weight is 695 g/mol. The van der Waals surface area contributed by atoms with E-state index in [-0.39, 0.29) is 5.91 Å². The summed E-state index contributed by atoms with van der Waals surface area (Å²) in [6, 6.07) is 11.6. The Morgan fingerprint density at radius 3 is 2.49 bits per heavy atom. The average Bonchev–Trinajstić information content (AvgIpc) is 3.89. The molecule has 51 heavy (non-hydrogen) atoms. The number of anilines is 1. The number of carbonyl (C=O) groups is 3. The van der Waals surface area contributed by atoms with E-state index in [1.807, 2.05) is 34.9 Å². The Morgan fingerprint density at radius 1 is 1.00 bits per heavy atom. The summed E-state index contributed by atoms with van der Waals surface area (Å²) in [6.07, 6.45) is 6.45. The number of benzene rings is 1. The molecular formula is C39H43FN6O5. The molecule has 2 aliphatic heterocycles. The molecule has 7 rings (SSSR count). The van der Waals surface area contributed by atoms with Crippen LogP contribution in [-0.2, 0) is 22.6 Å². The lowest BCUT2D eigenvalue weighted by molar-refractivity contribution is -0.144. The Balaban J connectivity index is 1.28. The Bertz CT molecular complexity index is 2050. The number of hydrogen-bond acceptors (Lipinski definition) is 7. The molecule has 266 valence electrons. The number of aromatic nitrogens is 3. The minimum atomic E-state index is -1.13. The van der Waals surface area contributed by atoms with E-state index < -0.39 is 24.1 Å². The van der Waals surface area contributed by atoms with Gasteiger partial charge >= 0.3 is 5.97 Å². The van der Waals surface area contributed by atoms with Crippen molar-refractivity contribution in [1.82, 2.24) is 24.3 Å². The van der Waals surface area contributed by atoms with Crippen LogP contribution in [0.15, 0.2) is 48.7 Å². The molecule has 1 aliphatic carbocycles. The Labute approximate surface area is 296 Å². The van der Waals surface area contributed by atoms with Gasteiger partial charge < -0.3 is 29.1 Å². The molecule has 2 amide bonds. The van der Waals surface area contributed by atoms with Gasteiger partial charge in [-0.25, -0.2) is 9.37 Å². The number of ether oxygens (including phenoxy) is 1. The molecule has 5 heterocycles. The quantitative estimate of drug-likeness (QED) is 0.214. The fourth-order valence-corrected chi connectivity index (χ4v) is 7.37. The zero-order chi connectivity index (χ0) is 35.8. The number of carbonyl (C=O) groups excluding carboxylic acids is 2. The first-order chi connectivity index (χ1) is 24.6. The van der Waals surface area contributed by atoms with Crippen LogP contribution in [0.25, 0.3) is 27.6 Å². The van der Waals surface area contributed by atoms with Crippen LogP contribution in [0.1, 0.15) is 60.0 Å². The molecule has 3 aliphatic rings. The maximum Gasteiger partial charge on any atom is 0.312 e. The molecule has 0 bridgehead atoms. The molecular weight excluding hydrogens is 651 g/mol. The smallest absolute Gasteiger partial charge is 0.312 e. The van der Waals surface area contributed by atoms with Crippen molar-refractivity contribution in [3.63, 3.8) is 0 Å². The summed E-state index contributed by atoms with van der Waals surface area (Å²) in [5.74, 6) is -0.617. The number of nitrogens with zero attached hydrogens (tertiary/aromatic N) is 6. The van der Waals surface area contributed by atoms with Crippen LogP contribution < -0.4 is 9.64 Å². The van der Waals surface area contributed by atoms with Crippen molar-refractivity contribution in [3.05, 3.63) is 77.1 Å². The Hall–Kier alpha value is -5.26. The van der Waals surface area contributed by atoms with Gasteiger partial charge in [0.1, 0.15) is 12.2 Å². The number of methoxy groups -OCH3 is 1. The second kappa shape index (κ2) is 14.2. The maximum atomic E-state index is 14.3. The van der Waals surface area contributed by atoms with Gasteiger partial charge in [-0.2, -0.15) is 0 Å². The second-order valence-corrected chi connectivity index (χ2v) is 13.7. The van der Waals surface area contributed by atoms with Gasteiger partial charge in [0.15, 0.2) is 11.6 Å². The molecule has 0 atom stereocenters. The second-order valence-electron chi connectivity index (χ2n) is 13.7. The SMILES string of the molecule is CCc1nc(C)ccc1-c1cc(C(=O)N2CCN(c3ncc(F)cc3OC)CC2)cc2cc(C3=CCCN(C(=O)CC(=O)O)C3)n(CC3CC3)c12. The molecule has 0 unspecified atom stereocenters. The third-order valence-corrected chi connectivity index (χ3v) is 10.1. The van der Waals surface area contributed by atoms with Crippen LogP contribution in [0.5, 0.6) is 5.75 Å². The van der Waals surface area contributed by atoms with Crippen molar-refractivity contribution in [2.75, 3.05) is 51.3 Å². The highest BCUT2D eigenvalue weighted by Gasteiger charge is 2.30. The number of carboxylic acids is 1. The first kappa shape index (κ1) is 34.2. The molecule has 1 saturated carbocycles. The fourth-order valence-electron chi connectivity index (χ4n) is 7.37. The number of carboxylic acid groups (broad SMARTS) is 1. The number of pyridine rings is 2. The lowest BCUT2D eigenvalue weighted by atomic mass is 9.96. The van der Waals surface area contributed by atoms with E-state index in [0.29, 0.717) is 68.7 Å². The molecule has 2 fully saturated rings. The Morgan fingerprint density at radius 2 is 1.78 bits per heavy atom. The molecule has 11 nitrogen and oxygen atoms in total. The number of hydrogen-bond donors (Lipinski definition) is 1. The van der Waals surface area contributed by atoms with Gasteiger partial charge in [-0.05, 0) is 68.4 Å². The molecule has 0 spiro atoms. The molecule has 12 heteroatoms. The van der Waals surface area contributed by atoms with Gasteiger partial charge in [-0.1, -0.05) is 19.1 Å². The van der Waals surface area contributed by atoms with Crippen molar-refractivity contribution in [1.29, 1.82) is 0 Å². The monoisotopic (exact) mass is 694 g/mol. The van der Waals surface area contributed by atoms with Gasteiger partial charge in [-0.3, -0.25) is 19.4 Å². The molecule has 4 aromatic rings. The van der Waals surface area contributed by atoms with Gasteiger partial charge in [-0.15, -0.1) is 0 Å². The van der Waals surface area contributed by atoms with E-state index >= 15 is 0 Å². The first-order valence-electron chi connectivity index (χ1n) is 17.7. The highest BCUT2D eigenvalue weighted by molar-refractivity contribution is 6.05. The minimum absolute atomic E-state index is 0.0752. The number of piperazine rings is 1. The van der Waals surface area contributed by atoms with E-state index in [4.69, 9.17) is 9.72 Å².